The maximum absolute atomic E-state index is 7.59. The molecule has 0 fully saturated rings. The molecule has 0 spiro atoms. The summed E-state index contributed by atoms with van der Waals surface area (Å²) >= 11 is 0. The smallest absolute Gasteiger partial charge is 0.311 e. The summed E-state index contributed by atoms with van der Waals surface area (Å²) in [4.78, 5) is 0. The zero-order chi connectivity index (χ0) is 9.94. The Labute approximate surface area is 101 Å². The first-order valence-electron chi connectivity index (χ1n) is 5.31. The van der Waals surface area contributed by atoms with Crippen molar-refractivity contribution in [3.05, 3.63) is 19.1 Å². The van der Waals surface area contributed by atoms with Crippen molar-refractivity contribution in [2.45, 2.75) is 51.9 Å². The first kappa shape index (κ1) is 16.3. The summed E-state index contributed by atoms with van der Waals surface area (Å²) in [7, 11) is 0. The van der Waals surface area contributed by atoms with Crippen LogP contribution in [0.25, 0.3) is 0 Å². The fraction of sp³-hybridized carbons (Fsp3) is 0.667. The fourth-order valence-electron chi connectivity index (χ4n) is 1.27. The normalized spacial score (nSPS) is 10.1. The molecule has 0 radical (unpaired) electrons. The maximum Gasteiger partial charge on any atom is 1.00 e. The van der Waals surface area contributed by atoms with Gasteiger partial charge in [0, 0.05) is 0 Å². The van der Waals surface area contributed by atoms with Gasteiger partial charge >= 0.3 is 18.9 Å². The topological polar surface area (TPSA) is 23.9 Å². The van der Waals surface area contributed by atoms with Crippen LogP contribution in [0.4, 0.5) is 0 Å². The van der Waals surface area contributed by atoms with Crippen LogP contribution in [-0.2, 0) is 0 Å². The van der Waals surface area contributed by atoms with Gasteiger partial charge in [0.2, 0.25) is 0 Å². The van der Waals surface area contributed by atoms with Crippen molar-refractivity contribution >= 4 is 5.71 Å². The molecule has 0 rings (SSSR count). The third-order valence-electron chi connectivity index (χ3n) is 2.11. The molecule has 0 aromatic carbocycles. The SMILES string of the molecule is [CH2-]C=CCC(=N)CCCCCCC.[Li+]. The molecule has 14 heavy (non-hydrogen) atoms. The van der Waals surface area contributed by atoms with Crippen LogP contribution in [0.2, 0.25) is 0 Å². The number of nitrogens with one attached hydrogen (secondary N) is 1. The predicted octanol–water partition coefficient (Wildman–Crippen LogP) is 1.15. The van der Waals surface area contributed by atoms with E-state index in [0.29, 0.717) is 0 Å². The molecule has 2 heteroatoms. The van der Waals surface area contributed by atoms with Gasteiger partial charge in [-0.1, -0.05) is 39.0 Å². The summed E-state index contributed by atoms with van der Waals surface area (Å²) in [6.45, 7) is 5.82. The minimum Gasteiger partial charge on any atom is -0.311 e. The molecule has 0 aromatic rings. The second-order valence-electron chi connectivity index (χ2n) is 3.44. The van der Waals surface area contributed by atoms with Crippen LogP contribution in [0, 0.1) is 12.3 Å². The van der Waals surface area contributed by atoms with Crippen molar-refractivity contribution in [3.63, 3.8) is 0 Å². The molecule has 0 heterocycles. The number of allylic oxidation sites excluding steroid dienone is 2. The van der Waals surface area contributed by atoms with Gasteiger partial charge < -0.3 is 5.41 Å². The molecule has 0 unspecified atom stereocenters. The Morgan fingerprint density at radius 2 is 1.86 bits per heavy atom. The first-order valence-corrected chi connectivity index (χ1v) is 5.31. The first-order chi connectivity index (χ1) is 6.31. The molecule has 0 saturated carbocycles. The number of hydrogen-bond donors (Lipinski definition) is 1. The second-order valence-corrected chi connectivity index (χ2v) is 3.44. The van der Waals surface area contributed by atoms with Crippen molar-refractivity contribution < 1.29 is 18.9 Å². The second kappa shape index (κ2) is 12.9. The Kier molecular flexibility index (Phi) is 15.0. The molecule has 1 N–H and O–H groups in total. The zero-order valence-electron chi connectivity index (χ0n) is 9.81. The van der Waals surface area contributed by atoms with E-state index in [4.69, 9.17) is 5.41 Å². The van der Waals surface area contributed by atoms with E-state index in [1.165, 1.54) is 32.1 Å². The van der Waals surface area contributed by atoms with Crippen molar-refractivity contribution in [3.8, 4) is 0 Å². The van der Waals surface area contributed by atoms with Gasteiger partial charge in [0.15, 0.2) is 0 Å². The van der Waals surface area contributed by atoms with E-state index in [1.807, 2.05) is 6.08 Å². The van der Waals surface area contributed by atoms with Crippen LogP contribution in [0.15, 0.2) is 12.2 Å². The van der Waals surface area contributed by atoms with E-state index in [1.54, 1.807) is 6.08 Å². The van der Waals surface area contributed by atoms with E-state index in [0.717, 1.165) is 18.6 Å². The Hall–Kier alpha value is -0.123. The van der Waals surface area contributed by atoms with E-state index in [-0.39, 0.29) is 18.9 Å². The predicted molar refractivity (Wildman–Crippen MR) is 60.2 cm³/mol. The molecule has 0 amide bonds. The van der Waals surface area contributed by atoms with Crippen LogP contribution in [-0.4, -0.2) is 5.71 Å². The Morgan fingerprint density at radius 1 is 1.21 bits per heavy atom. The Bertz CT molecular complexity index is 152. The number of hydrogen-bond acceptors (Lipinski definition) is 1. The van der Waals surface area contributed by atoms with Crippen molar-refractivity contribution in [2.75, 3.05) is 0 Å². The van der Waals surface area contributed by atoms with Crippen LogP contribution >= 0.6 is 0 Å². The van der Waals surface area contributed by atoms with E-state index >= 15 is 0 Å². The van der Waals surface area contributed by atoms with E-state index < -0.39 is 0 Å². The van der Waals surface area contributed by atoms with Gasteiger partial charge in [0.1, 0.15) is 0 Å². The fourth-order valence-corrected chi connectivity index (χ4v) is 1.27. The van der Waals surface area contributed by atoms with Crippen LogP contribution < -0.4 is 18.9 Å². The average Bonchev–Trinajstić information content (AvgIpc) is 2.14. The summed E-state index contributed by atoms with van der Waals surface area (Å²) in [5.74, 6) is 0. The van der Waals surface area contributed by atoms with Gasteiger partial charge in [0.25, 0.3) is 0 Å². The number of unbranched alkanes of at least 4 members (excludes halogenated alkanes) is 4. The molecule has 0 aliphatic carbocycles. The van der Waals surface area contributed by atoms with Gasteiger partial charge in [0.05, 0.1) is 0 Å². The molecule has 1 nitrogen and oxygen atoms in total. The molecular weight excluding hydrogens is 165 g/mol. The molecule has 0 aliphatic heterocycles. The van der Waals surface area contributed by atoms with Crippen LogP contribution in [0.3, 0.4) is 0 Å². The van der Waals surface area contributed by atoms with E-state index in [9.17, 15) is 0 Å². The van der Waals surface area contributed by atoms with Gasteiger partial charge in [-0.25, -0.2) is 19.1 Å². The minimum atomic E-state index is 0. The molecule has 0 bridgehead atoms. The molecular formula is C12H22LiN. The van der Waals surface area contributed by atoms with Crippen LogP contribution in [0.1, 0.15) is 51.9 Å². The van der Waals surface area contributed by atoms with Crippen molar-refractivity contribution in [2.24, 2.45) is 0 Å². The minimum absolute atomic E-state index is 0. The summed E-state index contributed by atoms with van der Waals surface area (Å²) in [5, 5.41) is 7.59. The monoisotopic (exact) mass is 187 g/mol. The Morgan fingerprint density at radius 3 is 2.43 bits per heavy atom. The number of rotatable bonds is 8. The Balaban J connectivity index is 0. The average molecular weight is 187 g/mol. The third kappa shape index (κ3) is 11.9. The molecule has 0 saturated heterocycles. The van der Waals surface area contributed by atoms with Crippen LogP contribution in [0.5, 0.6) is 0 Å². The van der Waals surface area contributed by atoms with Gasteiger partial charge in [-0.3, -0.25) is 0 Å². The summed E-state index contributed by atoms with van der Waals surface area (Å²) in [6.07, 6.45) is 11.9. The van der Waals surface area contributed by atoms with Gasteiger partial charge in [-0.05, 0) is 18.6 Å². The largest absolute Gasteiger partial charge is 1.00 e. The summed E-state index contributed by atoms with van der Waals surface area (Å²) in [5.41, 5.74) is 0.844. The maximum atomic E-state index is 7.59. The van der Waals surface area contributed by atoms with Crippen molar-refractivity contribution in [1.29, 1.82) is 5.41 Å². The standard InChI is InChI=1S/C12H22N.Li/c1-3-5-7-8-9-11-12(13)10-6-4-2;/h4,6,13H,2-3,5,7-11H2,1H3;/q-1;+1. The van der Waals surface area contributed by atoms with Crippen molar-refractivity contribution in [1.82, 2.24) is 0 Å². The summed E-state index contributed by atoms with van der Waals surface area (Å²) < 4.78 is 0. The van der Waals surface area contributed by atoms with E-state index in [2.05, 4.69) is 13.8 Å². The van der Waals surface area contributed by atoms with Gasteiger partial charge in [-0.15, -0.1) is 0 Å². The summed E-state index contributed by atoms with van der Waals surface area (Å²) in [6, 6.07) is 0. The quantitative estimate of drug-likeness (QED) is 0.255. The van der Waals surface area contributed by atoms with Gasteiger partial charge in [-0.2, -0.15) is 0 Å². The zero-order valence-corrected chi connectivity index (χ0v) is 9.81. The molecule has 0 aromatic heterocycles. The molecule has 76 valence electrons. The molecule has 0 atom stereocenters. The third-order valence-corrected chi connectivity index (χ3v) is 2.11. The molecule has 0 aliphatic rings.